The second-order valence-corrected chi connectivity index (χ2v) is 14.4. The minimum absolute atomic E-state index is 0. The second-order valence-electron chi connectivity index (χ2n) is 14.4. The number of nitrogens with zero attached hydrogens (tertiary/aromatic N) is 6. The van der Waals surface area contributed by atoms with Crippen molar-refractivity contribution in [1.82, 2.24) is 29.1 Å². The predicted molar refractivity (Wildman–Crippen MR) is 207 cm³/mol. The Morgan fingerprint density at radius 1 is 0.500 bits per heavy atom. The quantitative estimate of drug-likeness (QED) is 0.156. The van der Waals surface area contributed by atoms with Crippen LogP contribution in [0.1, 0.15) is 58.6 Å². The Labute approximate surface area is 319 Å². The summed E-state index contributed by atoms with van der Waals surface area (Å²) in [7, 11) is 0. The number of aryl methyl sites for hydroxylation is 6. The summed E-state index contributed by atoms with van der Waals surface area (Å²) in [6.07, 6.45) is 6.55. The number of benzene rings is 4. The van der Waals surface area contributed by atoms with Gasteiger partial charge in [0.2, 0.25) is 0 Å². The van der Waals surface area contributed by atoms with Gasteiger partial charge in [-0.1, -0.05) is 96.1 Å². The summed E-state index contributed by atoms with van der Waals surface area (Å²) in [5.41, 5.74) is 16.8. The molecule has 0 aliphatic heterocycles. The van der Waals surface area contributed by atoms with Gasteiger partial charge in [-0.25, -0.2) is 0 Å². The van der Waals surface area contributed by atoms with Gasteiger partial charge in [0.15, 0.2) is 0 Å². The van der Waals surface area contributed by atoms with E-state index in [1.165, 1.54) is 33.4 Å². The van der Waals surface area contributed by atoms with Crippen LogP contribution in [0.25, 0.3) is 56.0 Å². The number of fused-ring (bicyclic) bond motifs is 2. The number of imidazole rings is 2. The first-order valence-corrected chi connectivity index (χ1v) is 17.4. The fraction of sp³-hybridized carbons (Fsp3) is 0.200. The number of hydrogen-bond acceptors (Lipinski definition) is 4. The van der Waals surface area contributed by atoms with Crippen LogP contribution in [0.5, 0.6) is 0 Å². The van der Waals surface area contributed by atoms with Gasteiger partial charge in [0.25, 0.3) is 0 Å². The molecule has 260 valence electrons. The van der Waals surface area contributed by atoms with Crippen molar-refractivity contribution < 1.29 is 21.1 Å². The van der Waals surface area contributed by atoms with Gasteiger partial charge >= 0.3 is 21.1 Å². The van der Waals surface area contributed by atoms with Crippen LogP contribution in [-0.4, -0.2) is 29.1 Å². The Hall–Kier alpha value is -5.19. The van der Waals surface area contributed by atoms with Crippen molar-refractivity contribution in [3.05, 3.63) is 154 Å². The van der Waals surface area contributed by atoms with E-state index >= 15 is 0 Å². The van der Waals surface area contributed by atoms with E-state index in [-0.39, 0.29) is 21.1 Å². The van der Waals surface area contributed by atoms with E-state index in [2.05, 4.69) is 165 Å². The molecule has 4 aromatic carbocycles. The molecule has 0 saturated heterocycles. The van der Waals surface area contributed by atoms with Crippen LogP contribution in [0.4, 0.5) is 0 Å². The van der Waals surface area contributed by atoms with Crippen molar-refractivity contribution in [3.63, 3.8) is 0 Å². The molecule has 0 fully saturated rings. The zero-order valence-corrected chi connectivity index (χ0v) is 33.0. The summed E-state index contributed by atoms with van der Waals surface area (Å²) in [6.45, 7) is 17.2. The number of aromatic nitrogens is 6. The van der Waals surface area contributed by atoms with Crippen molar-refractivity contribution in [1.29, 1.82) is 0 Å². The van der Waals surface area contributed by atoms with Gasteiger partial charge < -0.3 is 19.1 Å². The Morgan fingerprint density at radius 2 is 0.865 bits per heavy atom. The molecule has 0 aliphatic carbocycles. The third-order valence-corrected chi connectivity index (χ3v) is 10.2. The van der Waals surface area contributed by atoms with Crippen LogP contribution in [0.15, 0.2) is 97.1 Å². The first-order chi connectivity index (χ1) is 24.5. The maximum Gasteiger partial charge on any atom is 2.00 e. The molecule has 0 bridgehead atoms. The van der Waals surface area contributed by atoms with Crippen LogP contribution in [0.3, 0.4) is 0 Å². The molecule has 0 atom stereocenters. The van der Waals surface area contributed by atoms with Crippen LogP contribution in [0, 0.1) is 54.2 Å². The van der Waals surface area contributed by atoms with Gasteiger partial charge in [0.05, 0.1) is 11.6 Å². The zero-order valence-electron chi connectivity index (χ0n) is 30.7. The first kappa shape index (κ1) is 35.2. The summed E-state index contributed by atoms with van der Waals surface area (Å²) < 4.78 is 3.96. The molecule has 6 nitrogen and oxygen atoms in total. The standard InChI is InChI=1S/C45H40N6.Pt/c1-27-21-37(48-39(23-27)50-25-46-43-33(17-11-19-35(43)50)41-29(3)13-9-14-30(41)4)45(7,8)38-22-28(2)24-40(49-38)51-26-47-44-34(18-12-20-36(44)51)42-31(5)15-10-16-32(42)6;/h9-24H,1-8H3;/q-2;+2. The normalized spacial score (nSPS) is 11.7. The molecule has 0 amide bonds. The summed E-state index contributed by atoms with van der Waals surface area (Å²) in [6, 6.07) is 34.0. The molecule has 0 spiro atoms. The predicted octanol–water partition coefficient (Wildman–Crippen LogP) is 10.3. The van der Waals surface area contributed by atoms with E-state index in [1.54, 1.807) is 0 Å². The summed E-state index contributed by atoms with van der Waals surface area (Å²) in [5, 5.41) is 0. The summed E-state index contributed by atoms with van der Waals surface area (Å²) in [5.74, 6) is 1.56. The van der Waals surface area contributed by atoms with E-state index in [1.807, 2.05) is 9.13 Å². The van der Waals surface area contributed by atoms with Crippen LogP contribution in [0.2, 0.25) is 0 Å². The summed E-state index contributed by atoms with van der Waals surface area (Å²) >= 11 is 0. The van der Waals surface area contributed by atoms with Crippen molar-refractivity contribution in [2.24, 2.45) is 0 Å². The fourth-order valence-corrected chi connectivity index (χ4v) is 7.50. The minimum Gasteiger partial charge on any atom is -0.411 e. The molecule has 52 heavy (non-hydrogen) atoms. The minimum atomic E-state index is -0.527. The van der Waals surface area contributed by atoms with Crippen LogP contribution >= 0.6 is 0 Å². The van der Waals surface area contributed by atoms with Crippen molar-refractivity contribution in [3.8, 4) is 33.9 Å². The van der Waals surface area contributed by atoms with Gasteiger partial charge in [-0.2, -0.15) is 0 Å². The van der Waals surface area contributed by atoms with Crippen molar-refractivity contribution >= 4 is 22.1 Å². The third-order valence-electron chi connectivity index (χ3n) is 10.2. The first-order valence-electron chi connectivity index (χ1n) is 17.4. The van der Waals surface area contributed by atoms with E-state index in [9.17, 15) is 0 Å². The SMILES string of the molecule is Cc1cc(-n2[c-]nc3c(-c4c(C)cccc4C)cccc32)nc(C(C)(C)c2cc(C)cc(-n3[c-]nc4c(-c5c(C)cccc5C)cccc43)n2)c1.[Pt+2]. The molecule has 0 unspecified atom stereocenters. The van der Waals surface area contributed by atoms with E-state index in [0.29, 0.717) is 0 Å². The Kier molecular flexibility index (Phi) is 9.08. The maximum absolute atomic E-state index is 5.27. The zero-order chi connectivity index (χ0) is 35.6. The molecule has 8 rings (SSSR count). The molecule has 4 aromatic heterocycles. The van der Waals surface area contributed by atoms with E-state index < -0.39 is 5.41 Å². The van der Waals surface area contributed by atoms with Crippen LogP contribution in [-0.2, 0) is 26.5 Å². The van der Waals surface area contributed by atoms with Gasteiger partial charge in [0.1, 0.15) is 0 Å². The van der Waals surface area contributed by atoms with Gasteiger partial charge in [0, 0.05) is 29.5 Å². The van der Waals surface area contributed by atoms with Gasteiger partial charge in [-0.15, -0.1) is 0 Å². The number of rotatable bonds is 6. The smallest absolute Gasteiger partial charge is 0.411 e. The molecule has 0 saturated carbocycles. The molecule has 0 aliphatic rings. The molecule has 0 radical (unpaired) electrons. The largest absolute Gasteiger partial charge is 2.00 e. The summed E-state index contributed by atoms with van der Waals surface area (Å²) in [4.78, 5) is 20.2. The molecule has 0 N–H and O–H groups in total. The fourth-order valence-electron chi connectivity index (χ4n) is 7.50. The average Bonchev–Trinajstić information content (AvgIpc) is 3.74. The molecule has 4 heterocycles. The number of para-hydroxylation sites is 2. The molecular weight excluding hydrogens is 820 g/mol. The van der Waals surface area contributed by atoms with Crippen molar-refractivity contribution in [2.45, 2.75) is 60.8 Å². The van der Waals surface area contributed by atoms with Gasteiger partial charge in [-0.05, 0) is 134 Å². The van der Waals surface area contributed by atoms with Gasteiger partial charge in [-0.3, -0.25) is 9.97 Å². The topological polar surface area (TPSA) is 61.4 Å². The Balaban J connectivity index is 0.00000420. The molecular formula is C45H40N6Pt. The monoisotopic (exact) mass is 859 g/mol. The number of pyridine rings is 2. The Bertz CT molecular complexity index is 2420. The molecule has 7 heteroatoms. The van der Waals surface area contributed by atoms with E-state index in [0.717, 1.165) is 67.3 Å². The average molecular weight is 860 g/mol. The van der Waals surface area contributed by atoms with Crippen LogP contribution < -0.4 is 0 Å². The third kappa shape index (κ3) is 5.89. The van der Waals surface area contributed by atoms with Crippen molar-refractivity contribution in [2.75, 3.05) is 0 Å². The molecule has 8 aromatic rings. The number of hydrogen-bond donors (Lipinski definition) is 0. The second kappa shape index (κ2) is 13.4. The Morgan fingerprint density at radius 3 is 1.25 bits per heavy atom. The maximum atomic E-state index is 5.27. The van der Waals surface area contributed by atoms with E-state index in [4.69, 9.17) is 19.9 Å².